The number of nitrogens with zero attached hydrogens (tertiary/aromatic N) is 1. The molecule has 0 aromatic heterocycles. The summed E-state index contributed by atoms with van der Waals surface area (Å²) in [5, 5.41) is 18.2. The summed E-state index contributed by atoms with van der Waals surface area (Å²) >= 11 is 0. The molecule has 78 valence electrons. The molecular weight excluding hydrogens is 178 g/mol. The van der Waals surface area contributed by atoms with Crippen LogP contribution in [0.2, 0.25) is 0 Å². The minimum Gasteiger partial charge on any atom is -0.480 e. The zero-order valence-corrected chi connectivity index (χ0v) is 9.16. The van der Waals surface area contributed by atoms with Gasteiger partial charge >= 0.3 is 5.97 Å². The second kappa shape index (κ2) is 4.80. The molecule has 1 atom stereocenters. The van der Waals surface area contributed by atoms with Crippen LogP contribution in [-0.4, -0.2) is 11.1 Å². The number of carboxylic acid groups (broad SMARTS) is 1. The van der Waals surface area contributed by atoms with Crippen LogP contribution in [0.3, 0.4) is 0 Å². The number of hydrogen-bond donors (Lipinski definition) is 1. The fourth-order valence-electron chi connectivity index (χ4n) is 1.60. The molecule has 0 aliphatic rings. The molecule has 0 rings (SSSR count). The molecule has 0 bridgehead atoms. The number of rotatable bonds is 4. The molecule has 0 heterocycles. The van der Waals surface area contributed by atoms with Crippen molar-refractivity contribution >= 4 is 5.97 Å². The normalized spacial score (nSPS) is 16.1. The Hall–Kier alpha value is -1.30. The first-order chi connectivity index (χ1) is 6.43. The van der Waals surface area contributed by atoms with E-state index in [2.05, 4.69) is 0 Å². The molecule has 0 aromatic rings. The van der Waals surface area contributed by atoms with Crippen molar-refractivity contribution in [1.29, 1.82) is 5.26 Å². The Kier molecular flexibility index (Phi) is 4.36. The zero-order valence-electron chi connectivity index (χ0n) is 9.16. The first-order valence-electron chi connectivity index (χ1n) is 4.75. The maximum atomic E-state index is 11.1. The van der Waals surface area contributed by atoms with Gasteiger partial charge in [0, 0.05) is 0 Å². The van der Waals surface area contributed by atoms with Crippen LogP contribution in [0.1, 0.15) is 34.1 Å². The highest BCUT2D eigenvalue weighted by atomic mass is 16.4. The van der Waals surface area contributed by atoms with E-state index in [1.165, 1.54) is 0 Å². The van der Waals surface area contributed by atoms with Gasteiger partial charge in [-0.15, -0.1) is 0 Å². The fraction of sp³-hybridized carbons (Fsp3) is 0.636. The summed E-state index contributed by atoms with van der Waals surface area (Å²) in [7, 11) is 0. The first kappa shape index (κ1) is 12.7. The highest BCUT2D eigenvalue weighted by Crippen LogP contribution is 2.35. The molecule has 0 aliphatic heterocycles. The third kappa shape index (κ3) is 1.95. The highest BCUT2D eigenvalue weighted by molar-refractivity contribution is 5.82. The van der Waals surface area contributed by atoms with Gasteiger partial charge in [-0.3, -0.25) is 4.79 Å². The van der Waals surface area contributed by atoms with Crippen LogP contribution in [0.15, 0.2) is 11.6 Å². The van der Waals surface area contributed by atoms with Gasteiger partial charge in [0.1, 0.15) is 0 Å². The number of hydrogen-bond acceptors (Lipinski definition) is 2. The minimum absolute atomic E-state index is 0.229. The van der Waals surface area contributed by atoms with Gasteiger partial charge < -0.3 is 5.11 Å². The van der Waals surface area contributed by atoms with Crippen molar-refractivity contribution in [1.82, 2.24) is 0 Å². The summed E-state index contributed by atoms with van der Waals surface area (Å²) in [5.74, 6) is -1.29. The van der Waals surface area contributed by atoms with Crippen molar-refractivity contribution in [3.63, 3.8) is 0 Å². The summed E-state index contributed by atoms with van der Waals surface area (Å²) in [6.07, 6.45) is 2.55. The predicted molar refractivity (Wildman–Crippen MR) is 54.6 cm³/mol. The summed E-state index contributed by atoms with van der Waals surface area (Å²) < 4.78 is 0. The number of allylic oxidation sites excluding steroid dienone is 1. The lowest BCUT2D eigenvalue weighted by molar-refractivity contribution is -0.145. The molecule has 1 unspecified atom stereocenters. The molecule has 0 spiro atoms. The molecule has 0 radical (unpaired) electrons. The number of nitriles is 1. The van der Waals surface area contributed by atoms with E-state index in [1.54, 1.807) is 26.8 Å². The third-order valence-electron chi connectivity index (χ3n) is 2.51. The number of carboxylic acids is 1. The Morgan fingerprint density at radius 1 is 1.64 bits per heavy atom. The van der Waals surface area contributed by atoms with Crippen molar-refractivity contribution in [2.75, 3.05) is 0 Å². The van der Waals surface area contributed by atoms with Crippen LogP contribution < -0.4 is 0 Å². The summed E-state index contributed by atoms with van der Waals surface area (Å²) in [6.45, 7) is 7.14. The molecule has 0 aromatic carbocycles. The fourth-order valence-corrected chi connectivity index (χ4v) is 1.60. The Morgan fingerprint density at radius 3 is 2.36 bits per heavy atom. The van der Waals surface area contributed by atoms with Crippen molar-refractivity contribution in [2.45, 2.75) is 34.1 Å². The Morgan fingerprint density at radius 2 is 2.14 bits per heavy atom. The van der Waals surface area contributed by atoms with Crippen LogP contribution in [0, 0.1) is 22.7 Å². The van der Waals surface area contributed by atoms with E-state index in [1.807, 2.05) is 13.0 Å². The van der Waals surface area contributed by atoms with E-state index >= 15 is 0 Å². The van der Waals surface area contributed by atoms with Gasteiger partial charge in [-0.25, -0.2) is 0 Å². The smallest absolute Gasteiger partial charge is 0.328 e. The van der Waals surface area contributed by atoms with Gasteiger partial charge in [0.15, 0.2) is 5.41 Å². The average molecular weight is 195 g/mol. The second-order valence-corrected chi connectivity index (χ2v) is 3.68. The lowest BCUT2D eigenvalue weighted by atomic mass is 9.72. The number of carbonyl (C=O) groups is 1. The molecule has 3 heteroatoms. The monoisotopic (exact) mass is 195 g/mol. The Balaban J connectivity index is 5.40. The predicted octanol–water partition coefficient (Wildman–Crippen LogP) is 2.59. The average Bonchev–Trinajstić information content (AvgIpc) is 2.05. The van der Waals surface area contributed by atoms with Crippen LogP contribution in [-0.2, 0) is 4.79 Å². The lowest BCUT2D eigenvalue weighted by Crippen LogP contribution is -2.36. The van der Waals surface area contributed by atoms with Crippen molar-refractivity contribution < 1.29 is 9.90 Å². The van der Waals surface area contributed by atoms with Gasteiger partial charge in [-0.05, 0) is 24.8 Å². The lowest BCUT2D eigenvalue weighted by Gasteiger charge is -2.26. The van der Waals surface area contributed by atoms with Gasteiger partial charge in [-0.2, -0.15) is 5.26 Å². The molecular formula is C11H17NO2. The number of aliphatic carboxylic acids is 1. The van der Waals surface area contributed by atoms with Gasteiger partial charge in [0.25, 0.3) is 0 Å². The Labute approximate surface area is 85.0 Å². The van der Waals surface area contributed by atoms with Crippen LogP contribution in [0.4, 0.5) is 0 Å². The van der Waals surface area contributed by atoms with E-state index in [4.69, 9.17) is 10.4 Å². The van der Waals surface area contributed by atoms with Gasteiger partial charge in [0.2, 0.25) is 0 Å². The molecule has 1 N–H and O–H groups in total. The van der Waals surface area contributed by atoms with Crippen molar-refractivity contribution in [2.24, 2.45) is 11.3 Å². The standard InChI is InChI=1S/C11H17NO2/c1-5-6-9(4)11(7-12,8(2)3)10(13)14/h6,8H,5H2,1-4H3,(H,13,14)/b9-6-. The molecule has 0 aliphatic carbocycles. The maximum Gasteiger partial charge on any atom is 0.328 e. The molecule has 3 nitrogen and oxygen atoms in total. The molecule has 0 fully saturated rings. The zero-order chi connectivity index (χ0) is 11.4. The van der Waals surface area contributed by atoms with Crippen LogP contribution >= 0.6 is 0 Å². The van der Waals surface area contributed by atoms with Crippen LogP contribution in [0.5, 0.6) is 0 Å². The molecule has 14 heavy (non-hydrogen) atoms. The molecule has 0 amide bonds. The van der Waals surface area contributed by atoms with E-state index in [9.17, 15) is 4.79 Å². The van der Waals surface area contributed by atoms with Gasteiger partial charge in [0.05, 0.1) is 6.07 Å². The quantitative estimate of drug-likeness (QED) is 0.701. The van der Waals surface area contributed by atoms with Crippen molar-refractivity contribution in [3.8, 4) is 6.07 Å². The molecule has 0 saturated heterocycles. The van der Waals surface area contributed by atoms with Crippen LogP contribution in [0.25, 0.3) is 0 Å². The third-order valence-corrected chi connectivity index (χ3v) is 2.51. The van der Waals surface area contributed by atoms with E-state index < -0.39 is 11.4 Å². The van der Waals surface area contributed by atoms with E-state index in [0.717, 1.165) is 6.42 Å². The van der Waals surface area contributed by atoms with Crippen molar-refractivity contribution in [3.05, 3.63) is 11.6 Å². The van der Waals surface area contributed by atoms with E-state index in [-0.39, 0.29) is 5.92 Å². The first-order valence-corrected chi connectivity index (χ1v) is 4.75. The largest absolute Gasteiger partial charge is 0.480 e. The SMILES string of the molecule is CC/C=C(/C)C(C#N)(C(=O)O)C(C)C. The molecule has 0 saturated carbocycles. The maximum absolute atomic E-state index is 11.1. The van der Waals surface area contributed by atoms with E-state index in [0.29, 0.717) is 5.57 Å². The summed E-state index contributed by atoms with van der Waals surface area (Å²) in [4.78, 5) is 11.1. The Bertz CT molecular complexity index is 286. The summed E-state index contributed by atoms with van der Waals surface area (Å²) in [6, 6.07) is 1.93. The van der Waals surface area contributed by atoms with Gasteiger partial charge in [-0.1, -0.05) is 26.8 Å². The minimum atomic E-state index is -1.37. The highest BCUT2D eigenvalue weighted by Gasteiger charge is 2.43. The second-order valence-electron chi connectivity index (χ2n) is 3.68. The topological polar surface area (TPSA) is 61.1 Å². The summed E-state index contributed by atoms with van der Waals surface area (Å²) in [5.41, 5.74) is -0.735.